The van der Waals surface area contributed by atoms with E-state index < -0.39 is 5.97 Å². The van der Waals surface area contributed by atoms with E-state index in [4.69, 9.17) is 0 Å². The molecule has 2 heterocycles. The molecule has 0 aliphatic rings. The van der Waals surface area contributed by atoms with E-state index in [1.54, 1.807) is 36.7 Å². The van der Waals surface area contributed by atoms with Crippen molar-refractivity contribution in [1.82, 2.24) is 9.97 Å². The molecule has 0 bridgehead atoms. The molecule has 3 aromatic rings. The van der Waals surface area contributed by atoms with Gasteiger partial charge in [0.2, 0.25) is 0 Å². The highest BCUT2D eigenvalue weighted by molar-refractivity contribution is 5.96. The second kappa shape index (κ2) is 4.49. The summed E-state index contributed by atoms with van der Waals surface area (Å²) < 4.78 is 0. The van der Waals surface area contributed by atoms with Crippen LogP contribution in [0, 0.1) is 0 Å². The first kappa shape index (κ1) is 11.3. The van der Waals surface area contributed by atoms with Gasteiger partial charge in [-0.15, -0.1) is 0 Å². The second-order valence-corrected chi connectivity index (χ2v) is 4.12. The number of hydrogen-bond acceptors (Lipinski definition) is 3. The van der Waals surface area contributed by atoms with E-state index in [1.807, 2.05) is 18.2 Å². The molecule has 1 aromatic carbocycles. The molecule has 1 N–H and O–H groups in total. The number of nitrogens with zero attached hydrogens (tertiary/aromatic N) is 2. The first-order valence-electron chi connectivity index (χ1n) is 5.79. The zero-order valence-electron chi connectivity index (χ0n) is 9.95. The number of rotatable bonds is 2. The van der Waals surface area contributed by atoms with E-state index in [9.17, 15) is 9.90 Å². The van der Waals surface area contributed by atoms with Crippen molar-refractivity contribution >= 4 is 16.9 Å². The molecule has 0 unspecified atom stereocenters. The lowest BCUT2D eigenvalue weighted by Crippen LogP contribution is -2.00. The molecule has 0 atom stereocenters. The van der Waals surface area contributed by atoms with E-state index in [0.29, 0.717) is 11.3 Å². The minimum atomic E-state index is -0.952. The molecule has 0 spiro atoms. The topological polar surface area (TPSA) is 63.1 Å². The Bertz CT molecular complexity index is 769. The van der Waals surface area contributed by atoms with Gasteiger partial charge in [-0.25, -0.2) is 9.78 Å². The lowest BCUT2D eigenvalue weighted by molar-refractivity contribution is 0.0697. The number of aromatic carboxylic acids is 1. The van der Waals surface area contributed by atoms with Gasteiger partial charge in [0, 0.05) is 23.3 Å². The highest BCUT2D eigenvalue weighted by Crippen LogP contribution is 2.24. The average molecular weight is 250 g/mol. The van der Waals surface area contributed by atoms with Crippen molar-refractivity contribution in [3.8, 4) is 11.3 Å². The Hall–Kier alpha value is -2.75. The second-order valence-electron chi connectivity index (χ2n) is 4.12. The number of pyridine rings is 2. The van der Waals surface area contributed by atoms with Crippen LogP contribution in [-0.2, 0) is 0 Å². The molecule has 4 heteroatoms. The largest absolute Gasteiger partial charge is 0.478 e. The third kappa shape index (κ3) is 2.04. The minimum Gasteiger partial charge on any atom is -0.478 e. The van der Waals surface area contributed by atoms with Gasteiger partial charge in [0.25, 0.3) is 0 Å². The first-order chi connectivity index (χ1) is 9.25. The number of hydrogen-bond donors (Lipinski definition) is 1. The fourth-order valence-electron chi connectivity index (χ4n) is 2.01. The molecule has 4 nitrogen and oxygen atoms in total. The van der Waals surface area contributed by atoms with Crippen molar-refractivity contribution in [1.29, 1.82) is 0 Å². The number of carboxylic acid groups (broad SMARTS) is 1. The lowest BCUT2D eigenvalue weighted by Gasteiger charge is -2.06. The third-order valence-electron chi connectivity index (χ3n) is 2.92. The normalized spacial score (nSPS) is 10.5. The average Bonchev–Trinajstić information content (AvgIpc) is 2.46. The summed E-state index contributed by atoms with van der Waals surface area (Å²) in [6.45, 7) is 0. The maximum atomic E-state index is 11.2. The van der Waals surface area contributed by atoms with Crippen LogP contribution in [0.15, 0.2) is 54.9 Å². The summed E-state index contributed by atoms with van der Waals surface area (Å²) in [6.07, 6.45) is 3.40. The van der Waals surface area contributed by atoms with E-state index in [-0.39, 0.29) is 5.56 Å². The Balaban J connectivity index is 2.22. The lowest BCUT2D eigenvalue weighted by atomic mass is 10.0. The molecule has 0 radical (unpaired) electrons. The number of benzene rings is 1. The molecule has 0 amide bonds. The van der Waals surface area contributed by atoms with Crippen molar-refractivity contribution < 1.29 is 9.90 Å². The van der Waals surface area contributed by atoms with Crippen molar-refractivity contribution in [3.63, 3.8) is 0 Å². The summed E-state index contributed by atoms with van der Waals surface area (Å²) in [5.74, 6) is -0.952. The van der Waals surface area contributed by atoms with Gasteiger partial charge in [0.1, 0.15) is 0 Å². The molecule has 3 rings (SSSR count). The van der Waals surface area contributed by atoms with Crippen LogP contribution in [0.25, 0.3) is 22.2 Å². The van der Waals surface area contributed by atoms with E-state index >= 15 is 0 Å². The fourth-order valence-corrected chi connectivity index (χ4v) is 2.01. The van der Waals surface area contributed by atoms with Crippen LogP contribution in [0.5, 0.6) is 0 Å². The van der Waals surface area contributed by atoms with Gasteiger partial charge in [-0.1, -0.05) is 18.2 Å². The van der Waals surface area contributed by atoms with Gasteiger partial charge in [-0.05, 0) is 24.3 Å². The molecule has 0 saturated carbocycles. The fraction of sp³-hybridized carbons (Fsp3) is 0. The minimum absolute atomic E-state index is 0.253. The molecule has 0 aliphatic carbocycles. The summed E-state index contributed by atoms with van der Waals surface area (Å²) in [7, 11) is 0. The Labute approximate surface area is 109 Å². The van der Waals surface area contributed by atoms with Crippen LogP contribution >= 0.6 is 0 Å². The summed E-state index contributed by atoms with van der Waals surface area (Å²) in [4.78, 5) is 19.7. The van der Waals surface area contributed by atoms with Crippen LogP contribution < -0.4 is 0 Å². The third-order valence-corrected chi connectivity index (χ3v) is 2.92. The van der Waals surface area contributed by atoms with Crippen LogP contribution in [0.1, 0.15) is 10.4 Å². The number of fused-ring (bicyclic) bond motifs is 1. The van der Waals surface area contributed by atoms with Crippen molar-refractivity contribution in [2.45, 2.75) is 0 Å². The summed E-state index contributed by atoms with van der Waals surface area (Å²) >= 11 is 0. The van der Waals surface area contributed by atoms with E-state index in [1.165, 1.54) is 0 Å². The van der Waals surface area contributed by atoms with Gasteiger partial charge in [-0.3, -0.25) is 4.98 Å². The maximum Gasteiger partial charge on any atom is 0.336 e. The van der Waals surface area contributed by atoms with Gasteiger partial charge in [0.15, 0.2) is 0 Å². The smallest absolute Gasteiger partial charge is 0.336 e. The predicted molar refractivity (Wildman–Crippen MR) is 71.9 cm³/mol. The first-order valence-corrected chi connectivity index (χ1v) is 5.79. The molecule has 0 aliphatic heterocycles. The monoisotopic (exact) mass is 250 g/mol. The highest BCUT2D eigenvalue weighted by atomic mass is 16.4. The quantitative estimate of drug-likeness (QED) is 0.759. The van der Waals surface area contributed by atoms with Crippen molar-refractivity contribution in [2.75, 3.05) is 0 Å². The zero-order valence-corrected chi connectivity index (χ0v) is 9.95. The van der Waals surface area contributed by atoms with E-state index in [2.05, 4.69) is 9.97 Å². The number of aromatic nitrogens is 2. The zero-order chi connectivity index (χ0) is 13.2. The number of carbonyl (C=O) groups is 1. The molecule has 19 heavy (non-hydrogen) atoms. The van der Waals surface area contributed by atoms with Crippen molar-refractivity contribution in [2.24, 2.45) is 0 Å². The van der Waals surface area contributed by atoms with Crippen LogP contribution in [0.2, 0.25) is 0 Å². The molecule has 2 aromatic heterocycles. The molecule has 0 fully saturated rings. The predicted octanol–water partition coefficient (Wildman–Crippen LogP) is 3.00. The molecule has 92 valence electrons. The molecular weight excluding hydrogens is 240 g/mol. The summed E-state index contributed by atoms with van der Waals surface area (Å²) in [5.41, 5.74) is 2.32. The van der Waals surface area contributed by atoms with Crippen molar-refractivity contribution in [3.05, 3.63) is 60.4 Å². The molecular formula is C15H10N2O2. The summed E-state index contributed by atoms with van der Waals surface area (Å²) in [5, 5.41) is 10.1. The Morgan fingerprint density at radius 2 is 1.89 bits per heavy atom. The molecule has 0 saturated heterocycles. The highest BCUT2D eigenvalue weighted by Gasteiger charge is 2.11. The Morgan fingerprint density at radius 1 is 1.05 bits per heavy atom. The van der Waals surface area contributed by atoms with Crippen LogP contribution in [0.3, 0.4) is 0 Å². The SMILES string of the molecule is O=C(O)c1ccccc1-c1ccc2cnccc2n1. The van der Waals surface area contributed by atoms with E-state index in [0.717, 1.165) is 10.9 Å². The standard InChI is InChI=1S/C15H10N2O2/c18-15(19)12-4-2-1-3-11(12)14-6-5-10-9-16-8-7-13(10)17-14/h1-9H,(H,18,19). The van der Waals surface area contributed by atoms with Crippen LogP contribution in [-0.4, -0.2) is 21.0 Å². The Morgan fingerprint density at radius 3 is 2.74 bits per heavy atom. The van der Waals surface area contributed by atoms with Crippen LogP contribution in [0.4, 0.5) is 0 Å². The Kier molecular flexibility index (Phi) is 2.68. The maximum absolute atomic E-state index is 11.2. The van der Waals surface area contributed by atoms with Gasteiger partial charge in [0.05, 0.1) is 16.8 Å². The van der Waals surface area contributed by atoms with Gasteiger partial charge in [-0.2, -0.15) is 0 Å². The van der Waals surface area contributed by atoms with Gasteiger partial charge < -0.3 is 5.11 Å². The van der Waals surface area contributed by atoms with Gasteiger partial charge >= 0.3 is 5.97 Å². The summed E-state index contributed by atoms with van der Waals surface area (Å²) in [6, 6.07) is 12.4. The number of carboxylic acids is 1.